The number of nitrogens with two attached hydrogens (primary N) is 1. The van der Waals surface area contributed by atoms with E-state index in [0.29, 0.717) is 31.7 Å². The van der Waals surface area contributed by atoms with Gasteiger partial charge in [-0.2, -0.15) is 0 Å². The van der Waals surface area contributed by atoms with Crippen LogP contribution in [0, 0.1) is 5.82 Å². The van der Waals surface area contributed by atoms with Gasteiger partial charge in [0.1, 0.15) is 11.6 Å². The van der Waals surface area contributed by atoms with Gasteiger partial charge in [0.25, 0.3) is 0 Å². The van der Waals surface area contributed by atoms with Crippen LogP contribution in [0.3, 0.4) is 0 Å². The molecule has 1 saturated heterocycles. The third kappa shape index (κ3) is 5.46. The molecule has 1 heterocycles. The molecule has 0 radical (unpaired) electrons. The maximum absolute atomic E-state index is 13.0. The van der Waals surface area contributed by atoms with E-state index in [1.807, 2.05) is 4.90 Å². The molecule has 22 heavy (non-hydrogen) atoms. The van der Waals surface area contributed by atoms with E-state index in [1.54, 1.807) is 12.1 Å². The van der Waals surface area contributed by atoms with Crippen molar-refractivity contribution in [1.29, 1.82) is 0 Å². The van der Waals surface area contributed by atoms with Gasteiger partial charge in [-0.15, -0.1) is 12.4 Å². The van der Waals surface area contributed by atoms with E-state index in [4.69, 9.17) is 10.5 Å². The van der Waals surface area contributed by atoms with E-state index in [2.05, 4.69) is 0 Å². The molecule has 0 aliphatic carbocycles. The number of nitrogens with zero attached hydrogens (tertiary/aromatic N) is 1. The highest BCUT2D eigenvalue weighted by Gasteiger charge is 2.24. The summed E-state index contributed by atoms with van der Waals surface area (Å²) < 4.78 is 18.4. The van der Waals surface area contributed by atoms with Gasteiger partial charge in [0, 0.05) is 31.6 Å². The number of ether oxygens (including phenoxy) is 1. The minimum absolute atomic E-state index is 0. The molecule has 1 aliphatic heterocycles. The van der Waals surface area contributed by atoms with Crippen molar-refractivity contribution < 1.29 is 13.9 Å². The molecule has 6 heteroatoms. The Labute approximate surface area is 137 Å². The van der Waals surface area contributed by atoms with E-state index in [-0.39, 0.29) is 30.2 Å². The lowest BCUT2D eigenvalue weighted by atomic mass is 10.0. The van der Waals surface area contributed by atoms with Gasteiger partial charge in [-0.05, 0) is 37.8 Å². The second-order valence-corrected chi connectivity index (χ2v) is 5.38. The molecule has 0 aromatic heterocycles. The number of carbonyl (C=O) groups excluding carboxylic acids is 1. The van der Waals surface area contributed by atoms with Gasteiger partial charge in [-0.25, -0.2) is 4.39 Å². The Balaban J connectivity index is 0.00000242. The van der Waals surface area contributed by atoms with Crippen molar-refractivity contribution >= 4 is 18.3 Å². The van der Waals surface area contributed by atoms with Gasteiger partial charge in [0.2, 0.25) is 5.91 Å². The molecule has 0 bridgehead atoms. The Hall–Kier alpha value is -1.33. The van der Waals surface area contributed by atoms with Crippen molar-refractivity contribution in [3.8, 4) is 5.75 Å². The third-order valence-electron chi connectivity index (χ3n) is 3.82. The largest absolute Gasteiger partial charge is 0.493 e. The number of piperidine rings is 1. The lowest BCUT2D eigenvalue weighted by Gasteiger charge is -2.35. The maximum Gasteiger partial charge on any atom is 0.222 e. The van der Waals surface area contributed by atoms with Gasteiger partial charge < -0.3 is 15.4 Å². The van der Waals surface area contributed by atoms with Crippen molar-refractivity contribution in [2.24, 2.45) is 5.73 Å². The first-order valence-corrected chi connectivity index (χ1v) is 7.58. The number of hydrogen-bond acceptors (Lipinski definition) is 3. The summed E-state index contributed by atoms with van der Waals surface area (Å²) in [5, 5.41) is 0. The van der Waals surface area contributed by atoms with Crippen molar-refractivity contribution in [2.45, 2.75) is 38.1 Å². The van der Waals surface area contributed by atoms with Gasteiger partial charge in [-0.3, -0.25) is 4.79 Å². The molecule has 4 nitrogen and oxygen atoms in total. The molecule has 1 unspecified atom stereocenters. The Morgan fingerprint density at radius 1 is 1.41 bits per heavy atom. The molecular weight excluding hydrogens is 307 g/mol. The van der Waals surface area contributed by atoms with Gasteiger partial charge in [0.15, 0.2) is 0 Å². The first-order chi connectivity index (χ1) is 10.2. The molecule has 2 rings (SSSR count). The molecule has 0 spiro atoms. The van der Waals surface area contributed by atoms with Crippen molar-refractivity contribution in [2.75, 3.05) is 19.7 Å². The van der Waals surface area contributed by atoms with E-state index < -0.39 is 0 Å². The second kappa shape index (κ2) is 9.64. The Kier molecular flexibility index (Phi) is 8.20. The predicted octanol–water partition coefficient (Wildman–Crippen LogP) is 2.75. The summed E-state index contributed by atoms with van der Waals surface area (Å²) in [6.45, 7) is 1.76. The topological polar surface area (TPSA) is 55.6 Å². The fourth-order valence-electron chi connectivity index (χ4n) is 2.69. The highest BCUT2D eigenvalue weighted by atomic mass is 35.5. The van der Waals surface area contributed by atoms with E-state index >= 15 is 0 Å². The van der Waals surface area contributed by atoms with Crippen LogP contribution in [-0.2, 0) is 4.79 Å². The lowest BCUT2D eigenvalue weighted by molar-refractivity contribution is -0.134. The third-order valence-corrected chi connectivity index (χ3v) is 3.82. The van der Waals surface area contributed by atoms with Crippen LogP contribution < -0.4 is 10.5 Å². The number of benzene rings is 1. The summed E-state index contributed by atoms with van der Waals surface area (Å²) in [5.74, 6) is 0.330. The minimum atomic E-state index is -0.317. The standard InChI is InChI=1S/C16H23FN2O2.ClH/c17-13-5-3-7-15(11-13)21-10-4-8-16(20)19-9-2-1-6-14(19)12-18;/h3,5,7,11,14H,1-2,4,6,8-10,12,18H2;1H. The van der Waals surface area contributed by atoms with Crippen LogP contribution in [0.25, 0.3) is 0 Å². The van der Waals surface area contributed by atoms with Crippen molar-refractivity contribution in [3.05, 3.63) is 30.1 Å². The van der Waals surface area contributed by atoms with Gasteiger partial charge in [0.05, 0.1) is 6.61 Å². The molecule has 1 fully saturated rings. The lowest BCUT2D eigenvalue weighted by Crippen LogP contribution is -2.47. The number of rotatable bonds is 6. The molecule has 1 aliphatic rings. The predicted molar refractivity (Wildman–Crippen MR) is 86.8 cm³/mol. The summed E-state index contributed by atoms with van der Waals surface area (Å²) in [5.41, 5.74) is 5.72. The van der Waals surface area contributed by atoms with Crippen LogP contribution >= 0.6 is 12.4 Å². The van der Waals surface area contributed by atoms with Crippen LogP contribution in [0.15, 0.2) is 24.3 Å². The Bertz CT molecular complexity index is 473. The first-order valence-electron chi connectivity index (χ1n) is 7.58. The fourth-order valence-corrected chi connectivity index (χ4v) is 2.69. The van der Waals surface area contributed by atoms with Crippen LogP contribution in [0.5, 0.6) is 5.75 Å². The van der Waals surface area contributed by atoms with E-state index in [1.165, 1.54) is 12.1 Å². The monoisotopic (exact) mass is 330 g/mol. The molecule has 2 N–H and O–H groups in total. The maximum atomic E-state index is 13.0. The zero-order chi connectivity index (χ0) is 15.1. The Morgan fingerprint density at radius 3 is 2.95 bits per heavy atom. The minimum Gasteiger partial charge on any atom is -0.493 e. The number of carbonyl (C=O) groups is 1. The highest BCUT2D eigenvalue weighted by Crippen LogP contribution is 2.18. The fraction of sp³-hybridized carbons (Fsp3) is 0.562. The van der Waals surface area contributed by atoms with Crippen molar-refractivity contribution in [1.82, 2.24) is 4.90 Å². The Morgan fingerprint density at radius 2 is 2.23 bits per heavy atom. The molecule has 1 atom stereocenters. The summed E-state index contributed by atoms with van der Waals surface area (Å²) in [6.07, 6.45) is 4.29. The second-order valence-electron chi connectivity index (χ2n) is 5.38. The smallest absolute Gasteiger partial charge is 0.222 e. The quantitative estimate of drug-likeness (QED) is 0.816. The molecule has 1 aromatic carbocycles. The number of likely N-dealkylation sites (tertiary alicyclic amines) is 1. The van der Waals surface area contributed by atoms with Crippen LogP contribution in [0.4, 0.5) is 4.39 Å². The molecule has 1 amide bonds. The number of amides is 1. The normalized spacial score (nSPS) is 17.7. The molecule has 0 saturated carbocycles. The summed E-state index contributed by atoms with van der Waals surface area (Å²) in [6, 6.07) is 6.22. The molecule has 124 valence electrons. The molecule has 1 aromatic rings. The number of hydrogen-bond donors (Lipinski definition) is 1. The van der Waals surface area contributed by atoms with Crippen LogP contribution in [0.1, 0.15) is 32.1 Å². The zero-order valence-electron chi connectivity index (χ0n) is 12.7. The van der Waals surface area contributed by atoms with Crippen molar-refractivity contribution in [3.63, 3.8) is 0 Å². The van der Waals surface area contributed by atoms with Crippen LogP contribution in [-0.4, -0.2) is 36.5 Å². The van der Waals surface area contributed by atoms with Gasteiger partial charge in [-0.1, -0.05) is 6.07 Å². The van der Waals surface area contributed by atoms with E-state index in [0.717, 1.165) is 25.8 Å². The molecular formula is C16H24ClFN2O2. The highest BCUT2D eigenvalue weighted by molar-refractivity contribution is 5.85. The summed E-state index contributed by atoms with van der Waals surface area (Å²) >= 11 is 0. The summed E-state index contributed by atoms with van der Waals surface area (Å²) in [4.78, 5) is 14.1. The van der Waals surface area contributed by atoms with Crippen LogP contribution in [0.2, 0.25) is 0 Å². The first kappa shape index (κ1) is 18.7. The average molecular weight is 331 g/mol. The average Bonchev–Trinajstić information content (AvgIpc) is 2.51. The SMILES string of the molecule is Cl.NCC1CCCCN1C(=O)CCCOc1cccc(F)c1. The zero-order valence-corrected chi connectivity index (χ0v) is 13.5. The van der Waals surface area contributed by atoms with Gasteiger partial charge >= 0.3 is 0 Å². The van der Waals surface area contributed by atoms with E-state index in [9.17, 15) is 9.18 Å². The summed E-state index contributed by atoms with van der Waals surface area (Å²) in [7, 11) is 0. The number of halogens is 2.